The van der Waals surface area contributed by atoms with Gasteiger partial charge in [-0.25, -0.2) is 4.98 Å². The zero-order valence-corrected chi connectivity index (χ0v) is 9.85. The molecule has 12 heavy (non-hydrogen) atoms. The normalized spacial score (nSPS) is 10.0. The van der Waals surface area contributed by atoms with Gasteiger partial charge in [0.2, 0.25) is 0 Å². The van der Waals surface area contributed by atoms with E-state index in [2.05, 4.69) is 26.2 Å². The van der Waals surface area contributed by atoms with Gasteiger partial charge >= 0.3 is 0 Å². The van der Waals surface area contributed by atoms with E-state index in [1.807, 2.05) is 13.3 Å². The van der Waals surface area contributed by atoms with Crippen molar-refractivity contribution in [2.75, 3.05) is 18.6 Å². The Kier molecular flexibility index (Phi) is 3.68. The molecule has 0 aliphatic carbocycles. The summed E-state index contributed by atoms with van der Waals surface area (Å²) in [5, 5.41) is 3.68. The van der Waals surface area contributed by atoms with Crippen LogP contribution in [-0.4, -0.2) is 18.3 Å². The number of halogens is 2. The standard InChI is InChI=1S/C7H8BrClN2S/c1-10-5-4(9)3-11-7(8)6(5)12-2/h3H,1-2H3,(H,10,11). The lowest BCUT2D eigenvalue weighted by Crippen LogP contribution is -1.94. The van der Waals surface area contributed by atoms with Crippen LogP contribution in [0.4, 0.5) is 5.69 Å². The molecular weight excluding hydrogens is 260 g/mol. The number of pyridine rings is 1. The molecule has 0 radical (unpaired) electrons. The van der Waals surface area contributed by atoms with Gasteiger partial charge in [0.25, 0.3) is 0 Å². The first-order chi connectivity index (χ1) is 5.70. The lowest BCUT2D eigenvalue weighted by Gasteiger charge is -2.09. The van der Waals surface area contributed by atoms with Gasteiger partial charge in [0, 0.05) is 13.2 Å². The van der Waals surface area contributed by atoms with E-state index in [1.54, 1.807) is 18.0 Å². The van der Waals surface area contributed by atoms with Gasteiger partial charge < -0.3 is 5.32 Å². The zero-order valence-electron chi connectivity index (χ0n) is 6.69. The largest absolute Gasteiger partial charge is 0.386 e. The minimum Gasteiger partial charge on any atom is -0.386 e. The monoisotopic (exact) mass is 266 g/mol. The van der Waals surface area contributed by atoms with E-state index in [9.17, 15) is 0 Å². The van der Waals surface area contributed by atoms with Gasteiger partial charge in [0.05, 0.1) is 15.6 Å². The lowest BCUT2D eigenvalue weighted by atomic mass is 10.4. The Labute approximate surface area is 89.2 Å². The molecule has 2 nitrogen and oxygen atoms in total. The molecule has 66 valence electrons. The minimum absolute atomic E-state index is 0.644. The maximum atomic E-state index is 5.92. The van der Waals surface area contributed by atoms with E-state index in [-0.39, 0.29) is 0 Å². The first-order valence-corrected chi connectivity index (χ1v) is 5.66. The van der Waals surface area contributed by atoms with Crippen molar-refractivity contribution >= 4 is 45.0 Å². The van der Waals surface area contributed by atoms with E-state index < -0.39 is 0 Å². The molecular formula is C7H8BrClN2S. The summed E-state index contributed by atoms with van der Waals surface area (Å²) in [4.78, 5) is 5.11. The summed E-state index contributed by atoms with van der Waals surface area (Å²) < 4.78 is 0.823. The fourth-order valence-corrected chi connectivity index (χ4v) is 2.58. The zero-order chi connectivity index (χ0) is 9.14. The van der Waals surface area contributed by atoms with Crippen LogP contribution in [-0.2, 0) is 0 Å². The molecule has 0 fully saturated rings. The van der Waals surface area contributed by atoms with Crippen LogP contribution in [0.15, 0.2) is 15.7 Å². The predicted octanol–water partition coefficient (Wildman–Crippen LogP) is 3.26. The van der Waals surface area contributed by atoms with Gasteiger partial charge in [-0.15, -0.1) is 11.8 Å². The molecule has 1 rings (SSSR count). The molecule has 0 unspecified atom stereocenters. The number of nitrogens with zero attached hydrogens (tertiary/aromatic N) is 1. The molecule has 5 heteroatoms. The van der Waals surface area contributed by atoms with E-state index in [1.165, 1.54) is 0 Å². The number of rotatable bonds is 2. The smallest absolute Gasteiger partial charge is 0.121 e. The highest BCUT2D eigenvalue weighted by Gasteiger charge is 2.09. The number of thioether (sulfide) groups is 1. The van der Waals surface area contributed by atoms with Crippen molar-refractivity contribution in [1.29, 1.82) is 0 Å². The first-order valence-electron chi connectivity index (χ1n) is 3.26. The number of hydrogen-bond donors (Lipinski definition) is 1. The van der Waals surface area contributed by atoms with Gasteiger partial charge in [-0.3, -0.25) is 0 Å². The topological polar surface area (TPSA) is 24.9 Å². The van der Waals surface area contributed by atoms with Crippen LogP contribution >= 0.6 is 39.3 Å². The van der Waals surface area contributed by atoms with E-state index in [0.29, 0.717) is 5.02 Å². The van der Waals surface area contributed by atoms with Gasteiger partial charge in [0.1, 0.15) is 4.60 Å². The highest BCUT2D eigenvalue weighted by atomic mass is 79.9. The average Bonchev–Trinajstić information content (AvgIpc) is 2.08. The number of anilines is 1. The minimum atomic E-state index is 0.644. The summed E-state index contributed by atoms with van der Waals surface area (Å²) in [5.41, 5.74) is 0.922. The van der Waals surface area contributed by atoms with Crippen molar-refractivity contribution in [2.45, 2.75) is 4.90 Å². The fraction of sp³-hybridized carbons (Fsp3) is 0.286. The van der Waals surface area contributed by atoms with Crippen LogP contribution in [0.5, 0.6) is 0 Å². The summed E-state index contributed by atoms with van der Waals surface area (Å²) >= 11 is 10.9. The Hall–Kier alpha value is 0.0700. The quantitative estimate of drug-likeness (QED) is 0.658. The fourth-order valence-electron chi connectivity index (χ4n) is 0.867. The maximum absolute atomic E-state index is 5.92. The third kappa shape index (κ3) is 1.87. The molecule has 0 saturated heterocycles. The number of hydrogen-bond acceptors (Lipinski definition) is 3. The summed E-state index contributed by atoms with van der Waals surface area (Å²) in [6.45, 7) is 0. The van der Waals surface area contributed by atoms with Gasteiger partial charge in [-0.2, -0.15) is 0 Å². The van der Waals surface area contributed by atoms with Crippen molar-refractivity contribution in [3.8, 4) is 0 Å². The molecule has 0 amide bonds. The van der Waals surface area contributed by atoms with E-state index >= 15 is 0 Å². The molecule has 0 atom stereocenters. The van der Waals surface area contributed by atoms with E-state index in [4.69, 9.17) is 11.6 Å². The molecule has 1 aromatic heterocycles. The predicted molar refractivity (Wildman–Crippen MR) is 58.3 cm³/mol. The first kappa shape index (κ1) is 10.2. The Bertz CT molecular complexity index is 264. The molecule has 0 saturated carbocycles. The number of aromatic nitrogens is 1. The van der Waals surface area contributed by atoms with Gasteiger partial charge in [0.15, 0.2) is 0 Å². The Morgan fingerprint density at radius 2 is 2.33 bits per heavy atom. The SMILES string of the molecule is CNc1c(Cl)cnc(Br)c1SC. The second kappa shape index (κ2) is 4.35. The molecule has 0 bridgehead atoms. The van der Waals surface area contributed by atoms with Crippen LogP contribution in [0.2, 0.25) is 5.02 Å². The number of nitrogens with one attached hydrogen (secondary N) is 1. The molecule has 1 heterocycles. The summed E-state index contributed by atoms with van der Waals surface area (Å²) in [7, 11) is 1.84. The molecule has 1 N–H and O–H groups in total. The Balaban J connectivity index is 3.28. The van der Waals surface area contributed by atoms with Crippen LogP contribution < -0.4 is 5.32 Å². The molecule has 1 aromatic rings. The highest BCUT2D eigenvalue weighted by Crippen LogP contribution is 2.35. The van der Waals surface area contributed by atoms with Crippen molar-refractivity contribution in [3.63, 3.8) is 0 Å². The van der Waals surface area contributed by atoms with Gasteiger partial charge in [-0.1, -0.05) is 11.6 Å². The summed E-state index contributed by atoms with van der Waals surface area (Å²) in [6.07, 6.45) is 3.61. The average molecular weight is 268 g/mol. The third-order valence-corrected chi connectivity index (χ3v) is 3.35. The highest BCUT2D eigenvalue weighted by molar-refractivity contribution is 9.10. The lowest BCUT2D eigenvalue weighted by molar-refractivity contribution is 1.18. The maximum Gasteiger partial charge on any atom is 0.121 e. The van der Waals surface area contributed by atoms with Crippen LogP contribution in [0.25, 0.3) is 0 Å². The van der Waals surface area contributed by atoms with Gasteiger partial charge in [-0.05, 0) is 22.2 Å². The molecule has 0 spiro atoms. The van der Waals surface area contributed by atoms with Crippen LogP contribution in [0, 0.1) is 0 Å². The van der Waals surface area contributed by atoms with Crippen LogP contribution in [0.3, 0.4) is 0 Å². The summed E-state index contributed by atoms with van der Waals surface area (Å²) in [6, 6.07) is 0. The second-order valence-electron chi connectivity index (χ2n) is 2.06. The third-order valence-electron chi connectivity index (χ3n) is 1.40. The van der Waals surface area contributed by atoms with Crippen molar-refractivity contribution in [1.82, 2.24) is 4.98 Å². The van der Waals surface area contributed by atoms with Crippen molar-refractivity contribution in [2.24, 2.45) is 0 Å². The second-order valence-corrected chi connectivity index (χ2v) is 4.03. The van der Waals surface area contributed by atoms with E-state index in [0.717, 1.165) is 15.2 Å². The Morgan fingerprint density at radius 3 is 2.75 bits per heavy atom. The van der Waals surface area contributed by atoms with Crippen molar-refractivity contribution < 1.29 is 0 Å². The van der Waals surface area contributed by atoms with Crippen molar-refractivity contribution in [3.05, 3.63) is 15.8 Å². The van der Waals surface area contributed by atoms with Crippen LogP contribution in [0.1, 0.15) is 0 Å². The molecule has 0 aliphatic rings. The summed E-state index contributed by atoms with van der Waals surface area (Å²) in [5.74, 6) is 0. The Morgan fingerprint density at radius 1 is 1.67 bits per heavy atom. The molecule has 0 aromatic carbocycles. The molecule has 0 aliphatic heterocycles.